The highest BCUT2D eigenvalue weighted by molar-refractivity contribution is 5.97. The average Bonchev–Trinajstić information content (AvgIpc) is 3.12. The number of benzene rings is 2. The third-order valence-electron chi connectivity index (χ3n) is 5.86. The molecule has 2 heterocycles. The van der Waals surface area contributed by atoms with Crippen LogP contribution in [0.2, 0.25) is 0 Å². The van der Waals surface area contributed by atoms with Gasteiger partial charge in [0.1, 0.15) is 18.1 Å². The maximum Gasteiger partial charge on any atom is 0.255 e. The Bertz CT molecular complexity index is 988. The summed E-state index contributed by atoms with van der Waals surface area (Å²) in [6.07, 6.45) is 1.89. The molecule has 0 atom stereocenters. The van der Waals surface area contributed by atoms with E-state index in [0.717, 1.165) is 49.5 Å². The topological polar surface area (TPSA) is 67.6 Å². The molecule has 1 aromatic heterocycles. The summed E-state index contributed by atoms with van der Waals surface area (Å²) in [5.41, 5.74) is 3.61. The van der Waals surface area contributed by atoms with Gasteiger partial charge in [0, 0.05) is 25.7 Å². The molecule has 0 bridgehead atoms. The number of para-hydroxylation sites is 1. The average molecular weight is 420 g/mol. The summed E-state index contributed by atoms with van der Waals surface area (Å²) >= 11 is 0. The third-order valence-corrected chi connectivity index (χ3v) is 5.86. The van der Waals surface area contributed by atoms with E-state index in [-0.39, 0.29) is 11.9 Å². The summed E-state index contributed by atoms with van der Waals surface area (Å²) in [7, 11) is 0. The number of aryl methyl sites for hydroxylation is 2. The van der Waals surface area contributed by atoms with Gasteiger partial charge in [0.05, 0.1) is 16.8 Å². The second kappa shape index (κ2) is 9.79. The van der Waals surface area contributed by atoms with E-state index in [0.29, 0.717) is 17.9 Å². The molecule has 31 heavy (non-hydrogen) atoms. The fraction of sp³-hybridized carbons (Fsp3) is 0.360. The van der Waals surface area contributed by atoms with Crippen LogP contribution in [0.3, 0.4) is 0 Å². The Morgan fingerprint density at radius 2 is 1.81 bits per heavy atom. The van der Waals surface area contributed by atoms with Crippen LogP contribution in [0, 0.1) is 13.8 Å². The summed E-state index contributed by atoms with van der Waals surface area (Å²) in [6.45, 7) is 6.98. The number of hydrogen-bond donors (Lipinski definition) is 1. The van der Waals surface area contributed by atoms with Gasteiger partial charge in [0.2, 0.25) is 0 Å². The minimum absolute atomic E-state index is 0.0872. The Kier molecular flexibility index (Phi) is 6.67. The van der Waals surface area contributed by atoms with Crippen LogP contribution in [0.5, 0.6) is 5.75 Å². The largest absolute Gasteiger partial charge is 0.488 e. The van der Waals surface area contributed by atoms with Crippen LogP contribution in [-0.2, 0) is 13.2 Å². The predicted octanol–water partition coefficient (Wildman–Crippen LogP) is 4.26. The first-order chi connectivity index (χ1) is 15.1. The Labute approximate surface area is 183 Å². The van der Waals surface area contributed by atoms with Gasteiger partial charge in [-0.15, -0.1) is 0 Å². The summed E-state index contributed by atoms with van der Waals surface area (Å²) in [5.74, 6) is 1.22. The van der Waals surface area contributed by atoms with Gasteiger partial charge in [0.15, 0.2) is 0 Å². The van der Waals surface area contributed by atoms with Crippen LogP contribution in [0.15, 0.2) is 59.1 Å². The van der Waals surface area contributed by atoms with E-state index in [1.165, 1.54) is 5.56 Å². The van der Waals surface area contributed by atoms with Gasteiger partial charge >= 0.3 is 0 Å². The number of piperidine rings is 1. The zero-order valence-electron chi connectivity index (χ0n) is 18.1. The number of hydrogen-bond acceptors (Lipinski definition) is 5. The molecule has 0 spiro atoms. The molecule has 1 saturated heterocycles. The summed E-state index contributed by atoms with van der Waals surface area (Å²) in [5, 5.41) is 7.16. The second-order valence-electron chi connectivity index (χ2n) is 8.10. The SMILES string of the molecule is Cc1noc(C)c1COc1ccccc1C(=O)NC1CCN(Cc2ccccc2)CC1. The van der Waals surface area contributed by atoms with Gasteiger partial charge < -0.3 is 14.6 Å². The maximum absolute atomic E-state index is 13.0. The number of likely N-dealkylation sites (tertiary alicyclic amines) is 1. The Balaban J connectivity index is 1.32. The van der Waals surface area contributed by atoms with Crippen LogP contribution in [0.25, 0.3) is 0 Å². The molecule has 1 fully saturated rings. The van der Waals surface area contributed by atoms with Crippen molar-refractivity contribution < 1.29 is 14.1 Å². The van der Waals surface area contributed by atoms with Crippen molar-refractivity contribution in [2.75, 3.05) is 13.1 Å². The number of rotatable bonds is 7. The maximum atomic E-state index is 13.0. The number of nitrogens with zero attached hydrogens (tertiary/aromatic N) is 2. The zero-order valence-corrected chi connectivity index (χ0v) is 18.1. The molecule has 4 rings (SSSR count). The van der Waals surface area contributed by atoms with Crippen molar-refractivity contribution in [1.29, 1.82) is 0 Å². The van der Waals surface area contributed by atoms with Gasteiger partial charge in [-0.1, -0.05) is 47.6 Å². The van der Waals surface area contributed by atoms with Crippen molar-refractivity contribution >= 4 is 5.91 Å². The smallest absolute Gasteiger partial charge is 0.255 e. The Morgan fingerprint density at radius 3 is 2.52 bits per heavy atom. The van der Waals surface area contributed by atoms with Crippen molar-refractivity contribution in [1.82, 2.24) is 15.4 Å². The standard InChI is InChI=1S/C25H29N3O3/c1-18-23(19(2)31-27-18)17-30-24-11-7-6-10-22(24)25(29)26-21-12-14-28(15-13-21)16-20-8-4-3-5-9-20/h3-11,21H,12-17H2,1-2H3,(H,26,29). The van der Waals surface area contributed by atoms with Gasteiger partial charge in [-0.3, -0.25) is 9.69 Å². The molecule has 1 N–H and O–H groups in total. The van der Waals surface area contributed by atoms with Crippen molar-refractivity contribution in [2.24, 2.45) is 0 Å². The summed E-state index contributed by atoms with van der Waals surface area (Å²) in [6, 6.07) is 18.1. The first-order valence-electron chi connectivity index (χ1n) is 10.8. The number of nitrogens with one attached hydrogen (secondary N) is 1. The summed E-state index contributed by atoms with van der Waals surface area (Å²) in [4.78, 5) is 15.4. The van der Waals surface area contributed by atoms with Gasteiger partial charge in [-0.25, -0.2) is 0 Å². The molecule has 1 aliphatic heterocycles. The van der Waals surface area contributed by atoms with Crippen LogP contribution in [0.1, 0.15) is 45.8 Å². The third kappa shape index (κ3) is 5.33. The molecule has 0 radical (unpaired) electrons. The second-order valence-corrected chi connectivity index (χ2v) is 8.10. The van der Waals surface area contributed by atoms with Crippen molar-refractivity contribution in [2.45, 2.75) is 45.9 Å². The molecule has 6 heteroatoms. The number of amides is 1. The van der Waals surface area contributed by atoms with E-state index in [1.54, 1.807) is 0 Å². The quantitative estimate of drug-likeness (QED) is 0.620. The van der Waals surface area contributed by atoms with Crippen LogP contribution in [0.4, 0.5) is 0 Å². The molecule has 162 valence electrons. The van der Waals surface area contributed by atoms with Crippen molar-refractivity contribution in [3.8, 4) is 5.75 Å². The lowest BCUT2D eigenvalue weighted by molar-refractivity contribution is 0.0904. The molecule has 6 nitrogen and oxygen atoms in total. The summed E-state index contributed by atoms with van der Waals surface area (Å²) < 4.78 is 11.2. The first-order valence-corrected chi connectivity index (χ1v) is 10.8. The molecule has 0 unspecified atom stereocenters. The van der Waals surface area contributed by atoms with Crippen LogP contribution in [-0.4, -0.2) is 35.1 Å². The first kappa shape index (κ1) is 21.1. The number of carbonyl (C=O) groups is 1. The highest BCUT2D eigenvalue weighted by Crippen LogP contribution is 2.22. The van der Waals surface area contributed by atoms with Gasteiger partial charge in [0.25, 0.3) is 5.91 Å². The minimum atomic E-state index is -0.0872. The lowest BCUT2D eigenvalue weighted by atomic mass is 10.0. The molecule has 0 aliphatic carbocycles. The van der Waals surface area contributed by atoms with Crippen LogP contribution >= 0.6 is 0 Å². The van der Waals surface area contributed by atoms with E-state index < -0.39 is 0 Å². The Hall–Kier alpha value is -3.12. The molecule has 1 aliphatic rings. The zero-order chi connectivity index (χ0) is 21.6. The number of ether oxygens (including phenoxy) is 1. The minimum Gasteiger partial charge on any atom is -0.488 e. The Morgan fingerprint density at radius 1 is 1.10 bits per heavy atom. The number of aromatic nitrogens is 1. The highest BCUT2D eigenvalue weighted by atomic mass is 16.5. The lowest BCUT2D eigenvalue weighted by Crippen LogP contribution is -2.44. The number of carbonyl (C=O) groups excluding carboxylic acids is 1. The predicted molar refractivity (Wildman–Crippen MR) is 119 cm³/mol. The van der Waals surface area contributed by atoms with Gasteiger partial charge in [-0.2, -0.15) is 0 Å². The fourth-order valence-electron chi connectivity index (χ4n) is 3.98. The normalized spacial score (nSPS) is 15.0. The van der Waals surface area contributed by atoms with E-state index in [9.17, 15) is 4.79 Å². The molecule has 2 aromatic carbocycles. The molecule has 1 amide bonds. The highest BCUT2D eigenvalue weighted by Gasteiger charge is 2.22. The fourth-order valence-corrected chi connectivity index (χ4v) is 3.98. The molecule has 3 aromatic rings. The van der Waals surface area contributed by atoms with Crippen molar-refractivity contribution in [3.63, 3.8) is 0 Å². The van der Waals surface area contributed by atoms with E-state index in [1.807, 2.05) is 44.2 Å². The molecule has 0 saturated carbocycles. The van der Waals surface area contributed by atoms with E-state index in [2.05, 4.69) is 39.6 Å². The monoisotopic (exact) mass is 419 g/mol. The van der Waals surface area contributed by atoms with Crippen molar-refractivity contribution in [3.05, 3.63) is 82.7 Å². The molecular formula is C25H29N3O3. The lowest BCUT2D eigenvalue weighted by Gasteiger charge is -2.32. The molecular weight excluding hydrogens is 390 g/mol. The van der Waals surface area contributed by atoms with E-state index in [4.69, 9.17) is 9.26 Å². The van der Waals surface area contributed by atoms with E-state index >= 15 is 0 Å². The van der Waals surface area contributed by atoms with Crippen LogP contribution < -0.4 is 10.1 Å². The van der Waals surface area contributed by atoms with Gasteiger partial charge in [-0.05, 0) is 44.4 Å².